The highest BCUT2D eigenvalue weighted by atomic mass is 32.1. The van der Waals surface area contributed by atoms with E-state index in [9.17, 15) is 4.79 Å². The van der Waals surface area contributed by atoms with Crippen molar-refractivity contribution >= 4 is 35.3 Å². The van der Waals surface area contributed by atoms with Gasteiger partial charge in [-0.25, -0.2) is 0 Å². The van der Waals surface area contributed by atoms with Crippen LogP contribution in [0.25, 0.3) is 0 Å². The van der Waals surface area contributed by atoms with E-state index >= 15 is 0 Å². The Morgan fingerprint density at radius 1 is 1.25 bits per heavy atom. The number of aryl methyl sites for hydroxylation is 1. The van der Waals surface area contributed by atoms with Gasteiger partial charge in [0.1, 0.15) is 10.7 Å². The second-order valence-corrected chi connectivity index (χ2v) is 7.92. The van der Waals surface area contributed by atoms with Crippen LogP contribution in [0.1, 0.15) is 47.3 Å². The van der Waals surface area contributed by atoms with Crippen LogP contribution in [-0.4, -0.2) is 16.5 Å². The van der Waals surface area contributed by atoms with Gasteiger partial charge in [-0.1, -0.05) is 60.9 Å². The molecule has 0 spiro atoms. The second-order valence-electron chi connectivity index (χ2n) is 6.28. The normalized spacial score (nSPS) is 15.3. The maximum absolute atomic E-state index is 12.5. The molecule has 6 heteroatoms. The molecular weight excluding hydrogens is 338 g/mol. The summed E-state index contributed by atoms with van der Waals surface area (Å²) < 4.78 is 2.54. The summed E-state index contributed by atoms with van der Waals surface area (Å²) in [6.45, 7) is 0.696. The Balaban J connectivity index is 1.69. The van der Waals surface area contributed by atoms with Gasteiger partial charge in [0, 0.05) is 12.6 Å². The SMILES string of the molecule is Nc1c(C(=O)NC2CCCCC2)sc(=S)n1CCc1ccccc1. The molecule has 1 amide bonds. The number of nitrogen functional groups attached to an aromatic ring is 1. The molecule has 0 radical (unpaired) electrons. The van der Waals surface area contributed by atoms with Gasteiger partial charge in [-0.15, -0.1) is 0 Å². The zero-order valence-corrected chi connectivity index (χ0v) is 15.3. The van der Waals surface area contributed by atoms with Gasteiger partial charge in [-0.05, 0) is 37.0 Å². The second kappa shape index (κ2) is 7.94. The van der Waals surface area contributed by atoms with Crippen molar-refractivity contribution in [1.29, 1.82) is 0 Å². The number of anilines is 1. The Morgan fingerprint density at radius 3 is 2.67 bits per heavy atom. The van der Waals surface area contributed by atoms with Gasteiger partial charge in [-0.3, -0.25) is 4.79 Å². The van der Waals surface area contributed by atoms with E-state index in [-0.39, 0.29) is 11.9 Å². The van der Waals surface area contributed by atoms with E-state index in [1.54, 1.807) is 0 Å². The first-order valence-electron chi connectivity index (χ1n) is 8.49. The summed E-state index contributed by atoms with van der Waals surface area (Å²) in [6, 6.07) is 10.5. The summed E-state index contributed by atoms with van der Waals surface area (Å²) in [4.78, 5) is 13.1. The van der Waals surface area contributed by atoms with Crippen LogP contribution in [0.2, 0.25) is 0 Å². The molecule has 1 aromatic carbocycles. The predicted octanol–water partition coefficient (Wildman–Crippen LogP) is 4.17. The smallest absolute Gasteiger partial charge is 0.265 e. The van der Waals surface area contributed by atoms with E-state index in [0.717, 1.165) is 19.3 Å². The molecule has 4 nitrogen and oxygen atoms in total. The van der Waals surface area contributed by atoms with Gasteiger partial charge in [-0.2, -0.15) is 0 Å². The van der Waals surface area contributed by atoms with E-state index in [1.807, 2.05) is 22.8 Å². The van der Waals surface area contributed by atoms with Crippen molar-refractivity contribution in [3.05, 3.63) is 44.7 Å². The van der Waals surface area contributed by atoms with E-state index in [4.69, 9.17) is 18.0 Å². The van der Waals surface area contributed by atoms with E-state index in [1.165, 1.54) is 36.2 Å². The topological polar surface area (TPSA) is 60.1 Å². The Hall–Kier alpha value is -1.66. The molecule has 1 saturated carbocycles. The number of rotatable bonds is 5. The lowest BCUT2D eigenvalue weighted by Crippen LogP contribution is -2.36. The number of thiazole rings is 1. The van der Waals surface area contributed by atoms with Gasteiger partial charge in [0.15, 0.2) is 3.95 Å². The Bertz CT molecular complexity index is 745. The highest BCUT2D eigenvalue weighted by Gasteiger charge is 2.21. The van der Waals surface area contributed by atoms with Gasteiger partial charge in [0.25, 0.3) is 5.91 Å². The summed E-state index contributed by atoms with van der Waals surface area (Å²) >= 11 is 6.73. The van der Waals surface area contributed by atoms with Crippen molar-refractivity contribution in [2.24, 2.45) is 0 Å². The zero-order valence-electron chi connectivity index (χ0n) is 13.7. The molecule has 0 saturated heterocycles. The third-order valence-electron chi connectivity index (χ3n) is 4.55. The number of benzene rings is 1. The highest BCUT2D eigenvalue weighted by Crippen LogP contribution is 2.24. The molecule has 2 aromatic rings. The van der Waals surface area contributed by atoms with Gasteiger partial charge < -0.3 is 15.6 Å². The minimum atomic E-state index is -0.0750. The number of carbonyl (C=O) groups is 1. The summed E-state index contributed by atoms with van der Waals surface area (Å²) in [5.41, 5.74) is 7.45. The number of hydrogen-bond acceptors (Lipinski definition) is 4. The van der Waals surface area contributed by atoms with Crippen molar-refractivity contribution < 1.29 is 4.79 Å². The van der Waals surface area contributed by atoms with Crippen molar-refractivity contribution in [2.45, 2.75) is 51.1 Å². The molecule has 0 aliphatic heterocycles. The van der Waals surface area contributed by atoms with Gasteiger partial charge >= 0.3 is 0 Å². The quantitative estimate of drug-likeness (QED) is 0.786. The first-order valence-corrected chi connectivity index (χ1v) is 9.71. The summed E-state index contributed by atoms with van der Waals surface area (Å²) in [5, 5.41) is 3.12. The van der Waals surface area contributed by atoms with Crippen LogP contribution < -0.4 is 11.1 Å². The standard InChI is InChI=1S/C18H23N3OS2/c19-16-15(17(22)20-14-9-5-2-6-10-14)24-18(23)21(16)12-11-13-7-3-1-4-8-13/h1,3-4,7-8,14H,2,5-6,9-12,19H2,(H,20,22). The molecule has 24 heavy (non-hydrogen) atoms. The maximum atomic E-state index is 12.5. The molecule has 1 heterocycles. The molecule has 1 fully saturated rings. The lowest BCUT2D eigenvalue weighted by molar-refractivity contribution is 0.0932. The van der Waals surface area contributed by atoms with Crippen molar-refractivity contribution in [3.8, 4) is 0 Å². The Labute approximate surface area is 151 Å². The summed E-state index contributed by atoms with van der Waals surface area (Å²) in [6.07, 6.45) is 6.61. The van der Waals surface area contributed by atoms with Gasteiger partial charge in [0.2, 0.25) is 0 Å². The largest absolute Gasteiger partial charge is 0.384 e. The molecule has 1 aromatic heterocycles. The van der Waals surface area contributed by atoms with E-state index in [0.29, 0.717) is 21.2 Å². The number of nitrogens with two attached hydrogens (primary N) is 1. The Morgan fingerprint density at radius 2 is 1.96 bits per heavy atom. The number of nitrogens with one attached hydrogen (secondary N) is 1. The van der Waals surface area contributed by atoms with E-state index < -0.39 is 0 Å². The molecule has 3 N–H and O–H groups in total. The van der Waals surface area contributed by atoms with Crippen molar-refractivity contribution in [1.82, 2.24) is 9.88 Å². The molecule has 0 atom stereocenters. The van der Waals surface area contributed by atoms with Crippen LogP contribution >= 0.6 is 23.6 Å². The molecule has 3 rings (SSSR count). The average molecular weight is 362 g/mol. The predicted molar refractivity (Wildman–Crippen MR) is 102 cm³/mol. The van der Waals surface area contributed by atoms with Crippen LogP contribution in [-0.2, 0) is 13.0 Å². The molecule has 1 aliphatic rings. The zero-order chi connectivity index (χ0) is 16.9. The van der Waals surface area contributed by atoms with Crippen molar-refractivity contribution in [2.75, 3.05) is 5.73 Å². The Kier molecular flexibility index (Phi) is 5.68. The van der Waals surface area contributed by atoms with Crippen LogP contribution in [0.15, 0.2) is 30.3 Å². The maximum Gasteiger partial charge on any atom is 0.265 e. The number of hydrogen-bond donors (Lipinski definition) is 2. The first kappa shape index (κ1) is 17.2. The lowest BCUT2D eigenvalue weighted by Gasteiger charge is -2.22. The van der Waals surface area contributed by atoms with Gasteiger partial charge in [0.05, 0.1) is 0 Å². The molecular formula is C18H23N3OS2. The van der Waals surface area contributed by atoms with Crippen molar-refractivity contribution in [3.63, 3.8) is 0 Å². The third-order valence-corrected chi connectivity index (χ3v) is 6.01. The van der Waals surface area contributed by atoms with Crippen LogP contribution in [0.3, 0.4) is 0 Å². The average Bonchev–Trinajstić information content (AvgIpc) is 2.89. The molecule has 0 bridgehead atoms. The minimum Gasteiger partial charge on any atom is -0.384 e. The number of nitrogens with zero attached hydrogens (tertiary/aromatic N) is 1. The van der Waals surface area contributed by atoms with Crippen LogP contribution in [0.5, 0.6) is 0 Å². The molecule has 1 aliphatic carbocycles. The number of amides is 1. The fourth-order valence-electron chi connectivity index (χ4n) is 3.17. The minimum absolute atomic E-state index is 0.0750. The van der Waals surface area contributed by atoms with E-state index in [2.05, 4.69) is 17.4 Å². The fraction of sp³-hybridized carbons (Fsp3) is 0.444. The lowest BCUT2D eigenvalue weighted by atomic mass is 9.95. The molecule has 0 unspecified atom stereocenters. The third kappa shape index (κ3) is 4.05. The number of aromatic nitrogens is 1. The fourth-order valence-corrected chi connectivity index (χ4v) is 4.45. The monoisotopic (exact) mass is 361 g/mol. The molecule has 128 valence electrons. The highest BCUT2D eigenvalue weighted by molar-refractivity contribution is 7.73. The number of carbonyl (C=O) groups excluding carboxylic acids is 1. The summed E-state index contributed by atoms with van der Waals surface area (Å²) in [5.74, 6) is 0.420. The van der Waals surface area contributed by atoms with Crippen LogP contribution in [0, 0.1) is 3.95 Å². The van der Waals surface area contributed by atoms with Crippen LogP contribution in [0.4, 0.5) is 5.82 Å². The summed E-state index contributed by atoms with van der Waals surface area (Å²) in [7, 11) is 0. The first-order chi connectivity index (χ1) is 11.6.